The molecule has 0 aliphatic carbocycles. The molecule has 0 spiro atoms. The quantitative estimate of drug-likeness (QED) is 0.669. The third-order valence-corrected chi connectivity index (χ3v) is 2.91. The summed E-state index contributed by atoms with van der Waals surface area (Å²) in [4.78, 5) is 33.8. The molecule has 0 saturated heterocycles. The van der Waals surface area contributed by atoms with Crippen LogP contribution in [0.3, 0.4) is 0 Å². The van der Waals surface area contributed by atoms with Crippen LogP contribution in [-0.4, -0.2) is 24.4 Å². The van der Waals surface area contributed by atoms with Crippen molar-refractivity contribution in [3.05, 3.63) is 33.3 Å². The van der Waals surface area contributed by atoms with E-state index in [-0.39, 0.29) is 17.0 Å². The van der Waals surface area contributed by atoms with Crippen molar-refractivity contribution >= 4 is 45.4 Å². The molecule has 1 amide bonds. The van der Waals surface area contributed by atoms with E-state index >= 15 is 0 Å². The first-order valence-corrected chi connectivity index (χ1v) is 6.58. The third kappa shape index (κ3) is 5.00. The molecule has 1 N–H and O–H groups in total. The number of carbonyl (C=O) groups excluding carboxylic acids is 3. The molecule has 1 aromatic rings. The number of nitrogens with one attached hydrogen (secondary N) is 1. The molecule has 0 heterocycles. The molecule has 0 saturated carbocycles. The minimum Gasteiger partial charge on any atom is -0.392 e. The number of hydrogen-bond acceptors (Lipinski definition) is 4. The van der Waals surface area contributed by atoms with Crippen molar-refractivity contribution in [1.29, 1.82) is 0 Å². The van der Waals surface area contributed by atoms with Crippen molar-refractivity contribution in [2.75, 3.05) is 6.54 Å². The van der Waals surface area contributed by atoms with Gasteiger partial charge in [0.05, 0.1) is 10.6 Å². The Hall–Kier alpha value is -1.40. The number of benzene rings is 1. The zero-order valence-electron chi connectivity index (χ0n) is 10.0. The Balaban J connectivity index is 2.58. The van der Waals surface area contributed by atoms with E-state index in [1.165, 1.54) is 6.07 Å². The molecule has 1 aromatic carbocycles. The summed E-state index contributed by atoms with van der Waals surface area (Å²) < 4.78 is 5.09. The monoisotopic (exact) mass is 347 g/mol. The number of ether oxygens (including phenoxy) is 1. The first-order valence-electron chi connectivity index (χ1n) is 5.40. The Morgan fingerprint density at radius 3 is 2.63 bits per heavy atom. The largest absolute Gasteiger partial charge is 0.392 e. The van der Waals surface area contributed by atoms with E-state index in [2.05, 4.69) is 26.0 Å². The average Bonchev–Trinajstić information content (AvgIpc) is 2.38. The average molecular weight is 349 g/mol. The summed E-state index contributed by atoms with van der Waals surface area (Å²) in [5.74, 6) is -1.97. The Kier molecular flexibility index (Phi) is 5.98. The summed E-state index contributed by atoms with van der Waals surface area (Å²) in [5.41, 5.74) is 0.227. The Morgan fingerprint density at radius 2 is 2.00 bits per heavy atom. The van der Waals surface area contributed by atoms with E-state index in [4.69, 9.17) is 11.6 Å². The first-order chi connectivity index (χ1) is 8.93. The van der Waals surface area contributed by atoms with E-state index in [0.29, 0.717) is 4.47 Å². The van der Waals surface area contributed by atoms with Crippen molar-refractivity contribution in [1.82, 2.24) is 5.32 Å². The predicted octanol–water partition coefficient (Wildman–Crippen LogP) is 2.31. The third-order valence-electron chi connectivity index (χ3n) is 2.08. The van der Waals surface area contributed by atoms with Crippen LogP contribution in [0, 0.1) is 0 Å². The molecular weight excluding hydrogens is 337 g/mol. The highest BCUT2D eigenvalue weighted by molar-refractivity contribution is 9.10. The molecule has 0 fully saturated rings. The molecule has 0 radical (unpaired) electrons. The van der Waals surface area contributed by atoms with E-state index < -0.39 is 24.4 Å². The fourth-order valence-corrected chi connectivity index (χ4v) is 1.72. The van der Waals surface area contributed by atoms with Gasteiger partial charge in [-0.3, -0.25) is 9.59 Å². The summed E-state index contributed by atoms with van der Waals surface area (Å²) in [6.45, 7) is 1.17. The van der Waals surface area contributed by atoms with Gasteiger partial charge in [0, 0.05) is 10.9 Å². The molecule has 0 bridgehead atoms. The normalized spacial score (nSPS) is 9.84. The summed E-state index contributed by atoms with van der Waals surface area (Å²) in [6, 6.07) is 4.77. The smallest absolute Gasteiger partial charge is 0.333 e. The maximum absolute atomic E-state index is 11.8. The minimum atomic E-state index is -0.814. The SMILES string of the molecule is CCC(=O)OC(=O)CNC(=O)c1cc(Br)ccc1Cl. The standard InChI is InChI=1S/C12H11BrClNO4/c1-2-10(16)19-11(17)6-15-12(18)8-5-7(13)3-4-9(8)14/h3-5H,2,6H2,1H3,(H,15,18). The first kappa shape index (κ1) is 15.7. The molecular formula is C12H11BrClNO4. The van der Waals surface area contributed by atoms with Gasteiger partial charge in [0.25, 0.3) is 5.91 Å². The highest BCUT2D eigenvalue weighted by Gasteiger charge is 2.14. The van der Waals surface area contributed by atoms with E-state index in [9.17, 15) is 14.4 Å². The molecule has 7 heteroatoms. The second-order valence-electron chi connectivity index (χ2n) is 3.51. The van der Waals surface area contributed by atoms with Crippen LogP contribution in [0.15, 0.2) is 22.7 Å². The summed E-state index contributed by atoms with van der Waals surface area (Å²) in [7, 11) is 0. The van der Waals surface area contributed by atoms with E-state index in [1.807, 2.05) is 0 Å². The number of halogens is 2. The minimum absolute atomic E-state index is 0.0944. The molecule has 102 valence electrons. The molecule has 19 heavy (non-hydrogen) atoms. The molecule has 0 aromatic heterocycles. The van der Waals surface area contributed by atoms with Crippen molar-refractivity contribution in [3.8, 4) is 0 Å². The van der Waals surface area contributed by atoms with Crippen LogP contribution in [0.5, 0.6) is 0 Å². The van der Waals surface area contributed by atoms with Crippen LogP contribution in [-0.2, 0) is 14.3 Å². The number of esters is 2. The maximum Gasteiger partial charge on any atom is 0.333 e. The second kappa shape index (κ2) is 7.25. The van der Waals surface area contributed by atoms with Crippen LogP contribution in [0.4, 0.5) is 0 Å². The molecule has 0 atom stereocenters. The number of amides is 1. The van der Waals surface area contributed by atoms with Crippen LogP contribution in [0.1, 0.15) is 23.7 Å². The zero-order valence-corrected chi connectivity index (χ0v) is 12.4. The van der Waals surface area contributed by atoms with Gasteiger partial charge in [-0.2, -0.15) is 0 Å². The summed E-state index contributed by atoms with van der Waals surface area (Å²) in [6.07, 6.45) is 0.0944. The number of hydrogen-bond donors (Lipinski definition) is 1. The Labute approximate surface area is 123 Å². The zero-order chi connectivity index (χ0) is 14.4. The van der Waals surface area contributed by atoms with Gasteiger partial charge in [0.2, 0.25) is 0 Å². The van der Waals surface area contributed by atoms with Crippen molar-refractivity contribution < 1.29 is 19.1 Å². The highest BCUT2D eigenvalue weighted by atomic mass is 79.9. The maximum atomic E-state index is 11.8. The second-order valence-corrected chi connectivity index (χ2v) is 4.83. The van der Waals surface area contributed by atoms with Gasteiger partial charge in [-0.05, 0) is 18.2 Å². The molecule has 0 aliphatic rings. The van der Waals surface area contributed by atoms with Gasteiger partial charge < -0.3 is 10.1 Å². The van der Waals surface area contributed by atoms with E-state index in [0.717, 1.165) is 0 Å². The lowest BCUT2D eigenvalue weighted by Crippen LogP contribution is -2.31. The Bertz CT molecular complexity index is 518. The van der Waals surface area contributed by atoms with Crippen LogP contribution < -0.4 is 5.32 Å². The lowest BCUT2D eigenvalue weighted by Gasteiger charge is -2.06. The molecule has 0 aliphatic heterocycles. The fourth-order valence-electron chi connectivity index (χ4n) is 1.15. The van der Waals surface area contributed by atoms with Crippen molar-refractivity contribution in [3.63, 3.8) is 0 Å². The lowest BCUT2D eigenvalue weighted by atomic mass is 10.2. The van der Waals surface area contributed by atoms with Crippen LogP contribution in [0.2, 0.25) is 5.02 Å². The summed E-state index contributed by atoms with van der Waals surface area (Å²) >= 11 is 9.07. The van der Waals surface area contributed by atoms with Crippen LogP contribution >= 0.6 is 27.5 Å². The van der Waals surface area contributed by atoms with Crippen LogP contribution in [0.25, 0.3) is 0 Å². The number of rotatable bonds is 4. The molecule has 0 unspecified atom stereocenters. The van der Waals surface area contributed by atoms with Gasteiger partial charge in [0.15, 0.2) is 0 Å². The van der Waals surface area contributed by atoms with Gasteiger partial charge in [-0.1, -0.05) is 34.5 Å². The van der Waals surface area contributed by atoms with E-state index in [1.54, 1.807) is 19.1 Å². The van der Waals surface area contributed by atoms with Gasteiger partial charge >= 0.3 is 11.9 Å². The Morgan fingerprint density at radius 1 is 1.32 bits per heavy atom. The molecule has 1 rings (SSSR count). The van der Waals surface area contributed by atoms with Gasteiger partial charge in [-0.15, -0.1) is 0 Å². The van der Waals surface area contributed by atoms with Gasteiger partial charge in [0.1, 0.15) is 6.54 Å². The fraction of sp³-hybridized carbons (Fsp3) is 0.250. The van der Waals surface area contributed by atoms with Crippen molar-refractivity contribution in [2.24, 2.45) is 0 Å². The lowest BCUT2D eigenvalue weighted by molar-refractivity contribution is -0.158. The highest BCUT2D eigenvalue weighted by Crippen LogP contribution is 2.20. The number of carbonyl (C=O) groups is 3. The topological polar surface area (TPSA) is 72.5 Å². The summed E-state index contributed by atoms with van der Waals surface area (Å²) in [5, 5.41) is 2.59. The van der Waals surface area contributed by atoms with Crippen molar-refractivity contribution in [2.45, 2.75) is 13.3 Å². The predicted molar refractivity (Wildman–Crippen MR) is 72.9 cm³/mol. The molecule has 5 nitrogen and oxygen atoms in total. The van der Waals surface area contributed by atoms with Gasteiger partial charge in [-0.25, -0.2) is 4.79 Å².